The summed E-state index contributed by atoms with van der Waals surface area (Å²) in [7, 11) is 0. The number of para-hydroxylation sites is 1. The van der Waals surface area contributed by atoms with Gasteiger partial charge in [-0.25, -0.2) is 4.79 Å². The fourth-order valence-corrected chi connectivity index (χ4v) is 3.32. The monoisotopic (exact) mass is 382 g/mol. The fraction of sp³-hybridized carbons (Fsp3) is 0. The summed E-state index contributed by atoms with van der Waals surface area (Å²) in [4.78, 5) is 12.3. The molecule has 26 heavy (non-hydrogen) atoms. The predicted molar refractivity (Wildman–Crippen MR) is 105 cm³/mol. The van der Waals surface area contributed by atoms with Crippen molar-refractivity contribution in [1.29, 1.82) is 0 Å². The molecule has 0 heterocycles. The molecule has 0 unspecified atom stereocenters. The molecule has 3 nitrogen and oxygen atoms in total. The molecule has 0 fully saturated rings. The maximum absolute atomic E-state index is 12.3. The zero-order valence-corrected chi connectivity index (χ0v) is 14.9. The van der Waals surface area contributed by atoms with E-state index in [1.54, 1.807) is 36.4 Å². The zero-order valence-electron chi connectivity index (χ0n) is 13.4. The molecule has 0 aromatic heterocycles. The molecule has 0 saturated heterocycles. The van der Waals surface area contributed by atoms with Gasteiger partial charge in [0.1, 0.15) is 5.75 Å². The van der Waals surface area contributed by atoms with Gasteiger partial charge in [-0.3, -0.25) is 0 Å². The summed E-state index contributed by atoms with van der Waals surface area (Å²) < 4.78 is 10.8. The average Bonchev–Trinajstić information content (AvgIpc) is 2.65. The molecule has 4 rings (SSSR count). The van der Waals surface area contributed by atoms with Crippen LogP contribution in [-0.2, 0) is 0 Å². The predicted octanol–water partition coefficient (Wildman–Crippen LogP) is 6.88. The number of fused-ring (bicyclic) bond motifs is 2. The molecule has 0 aliphatic carbocycles. The third-order valence-electron chi connectivity index (χ3n) is 4.00. The molecule has 128 valence electrons. The van der Waals surface area contributed by atoms with E-state index in [0.29, 0.717) is 32.3 Å². The molecule has 0 bridgehead atoms. The third-order valence-corrected chi connectivity index (χ3v) is 4.65. The zero-order chi connectivity index (χ0) is 18.1. The lowest BCUT2D eigenvalue weighted by atomic mass is 10.0. The molecule has 4 aromatic carbocycles. The van der Waals surface area contributed by atoms with E-state index in [0.717, 1.165) is 10.8 Å². The molecule has 0 saturated carbocycles. The van der Waals surface area contributed by atoms with Crippen LogP contribution in [0.3, 0.4) is 0 Å². The number of carbonyl (C=O) groups is 1. The van der Waals surface area contributed by atoms with Crippen molar-refractivity contribution in [2.75, 3.05) is 0 Å². The quantitative estimate of drug-likeness (QED) is 0.215. The van der Waals surface area contributed by atoms with Crippen LogP contribution in [0.1, 0.15) is 0 Å². The highest BCUT2D eigenvalue weighted by molar-refractivity contribution is 6.41. The topological polar surface area (TPSA) is 35.5 Å². The molecule has 0 spiro atoms. The van der Waals surface area contributed by atoms with Crippen LogP contribution in [0.5, 0.6) is 11.5 Å². The maximum atomic E-state index is 12.3. The standard InChI is InChI=1S/C21H12Cl2O3/c22-17-10-11-18(23)19-16(17)12-13-6-4-5-9-15(13)20(19)26-21(24)25-14-7-2-1-3-8-14/h1-12H. The minimum absolute atomic E-state index is 0.325. The Morgan fingerprint density at radius 1 is 0.731 bits per heavy atom. The lowest BCUT2D eigenvalue weighted by molar-refractivity contribution is 0.153. The van der Waals surface area contributed by atoms with Crippen LogP contribution in [-0.4, -0.2) is 6.16 Å². The lowest BCUT2D eigenvalue weighted by Gasteiger charge is -2.13. The number of carbonyl (C=O) groups excluding carboxylic acids is 1. The molecule has 0 aliphatic heterocycles. The van der Waals surface area contributed by atoms with Crippen molar-refractivity contribution >= 4 is 50.9 Å². The molecule has 0 radical (unpaired) electrons. The summed E-state index contributed by atoms with van der Waals surface area (Å²) in [5.41, 5.74) is 0. The Hall–Kier alpha value is -2.75. The van der Waals surface area contributed by atoms with E-state index in [1.807, 2.05) is 36.4 Å². The second-order valence-corrected chi connectivity index (χ2v) is 6.46. The highest BCUT2D eigenvalue weighted by Gasteiger charge is 2.18. The number of hydrogen-bond donors (Lipinski definition) is 0. The SMILES string of the molecule is O=C(Oc1ccccc1)Oc1c2ccccc2cc2c(Cl)ccc(Cl)c12. The molecule has 5 heteroatoms. The summed E-state index contributed by atoms with van der Waals surface area (Å²) in [6.45, 7) is 0. The first-order valence-electron chi connectivity index (χ1n) is 7.87. The van der Waals surface area contributed by atoms with Crippen molar-refractivity contribution in [3.05, 3.63) is 82.8 Å². The smallest absolute Gasteiger partial charge is 0.395 e. The van der Waals surface area contributed by atoms with E-state index >= 15 is 0 Å². The normalized spacial score (nSPS) is 10.8. The Labute approximate surface area is 159 Å². The Morgan fingerprint density at radius 3 is 2.23 bits per heavy atom. The highest BCUT2D eigenvalue weighted by atomic mass is 35.5. The van der Waals surface area contributed by atoms with Gasteiger partial charge in [-0.1, -0.05) is 65.7 Å². The van der Waals surface area contributed by atoms with Gasteiger partial charge in [0.05, 0.1) is 5.02 Å². The van der Waals surface area contributed by atoms with Crippen molar-refractivity contribution < 1.29 is 14.3 Å². The average molecular weight is 383 g/mol. The molecule has 0 amide bonds. The Balaban J connectivity index is 1.86. The molecular formula is C21H12Cl2O3. The summed E-state index contributed by atoms with van der Waals surface area (Å²) in [6, 6.07) is 21.6. The van der Waals surface area contributed by atoms with Gasteiger partial charge in [0.2, 0.25) is 0 Å². The molecule has 0 atom stereocenters. The van der Waals surface area contributed by atoms with Crippen LogP contribution in [0.25, 0.3) is 21.5 Å². The number of halogens is 2. The maximum Gasteiger partial charge on any atom is 0.519 e. The van der Waals surface area contributed by atoms with Gasteiger partial charge >= 0.3 is 6.16 Å². The summed E-state index contributed by atoms with van der Waals surface area (Å²) in [5, 5.41) is 3.87. The molecule has 0 aliphatic rings. The minimum atomic E-state index is -0.843. The third kappa shape index (κ3) is 3.07. The van der Waals surface area contributed by atoms with Gasteiger partial charge in [0.25, 0.3) is 0 Å². The Morgan fingerprint density at radius 2 is 1.42 bits per heavy atom. The number of rotatable bonds is 2. The van der Waals surface area contributed by atoms with E-state index in [-0.39, 0.29) is 0 Å². The summed E-state index contributed by atoms with van der Waals surface area (Å²) in [5.74, 6) is 0.720. The van der Waals surface area contributed by atoms with Crippen LogP contribution in [0, 0.1) is 0 Å². The first kappa shape index (κ1) is 16.7. The van der Waals surface area contributed by atoms with Crippen LogP contribution in [0.15, 0.2) is 72.8 Å². The van der Waals surface area contributed by atoms with E-state index in [2.05, 4.69) is 0 Å². The van der Waals surface area contributed by atoms with Crippen molar-refractivity contribution in [2.45, 2.75) is 0 Å². The lowest BCUT2D eigenvalue weighted by Crippen LogP contribution is -2.14. The van der Waals surface area contributed by atoms with E-state index < -0.39 is 6.16 Å². The number of benzene rings is 4. The second kappa shape index (κ2) is 6.87. The number of hydrogen-bond acceptors (Lipinski definition) is 3. The Kier molecular flexibility index (Phi) is 4.41. The molecule has 4 aromatic rings. The highest BCUT2D eigenvalue weighted by Crippen LogP contribution is 2.41. The van der Waals surface area contributed by atoms with Gasteiger partial charge in [-0.2, -0.15) is 0 Å². The summed E-state index contributed by atoms with van der Waals surface area (Å²) in [6.07, 6.45) is -0.843. The number of ether oxygens (including phenoxy) is 2. The first-order chi connectivity index (χ1) is 12.6. The van der Waals surface area contributed by atoms with E-state index in [1.165, 1.54) is 0 Å². The van der Waals surface area contributed by atoms with Crippen molar-refractivity contribution in [1.82, 2.24) is 0 Å². The van der Waals surface area contributed by atoms with Crippen molar-refractivity contribution in [3.8, 4) is 11.5 Å². The fourth-order valence-electron chi connectivity index (χ4n) is 2.85. The van der Waals surface area contributed by atoms with Crippen molar-refractivity contribution in [2.24, 2.45) is 0 Å². The van der Waals surface area contributed by atoms with Gasteiger partial charge in [0, 0.05) is 21.2 Å². The van der Waals surface area contributed by atoms with Gasteiger partial charge in [0.15, 0.2) is 5.75 Å². The van der Waals surface area contributed by atoms with Crippen LogP contribution < -0.4 is 9.47 Å². The van der Waals surface area contributed by atoms with Gasteiger partial charge in [-0.05, 0) is 35.7 Å². The van der Waals surface area contributed by atoms with Crippen LogP contribution in [0.2, 0.25) is 10.0 Å². The minimum Gasteiger partial charge on any atom is -0.395 e. The van der Waals surface area contributed by atoms with Gasteiger partial charge in [-0.15, -0.1) is 0 Å². The Bertz CT molecular complexity index is 1120. The summed E-state index contributed by atoms with van der Waals surface area (Å²) >= 11 is 12.7. The van der Waals surface area contributed by atoms with E-state index in [4.69, 9.17) is 32.7 Å². The van der Waals surface area contributed by atoms with Crippen LogP contribution >= 0.6 is 23.2 Å². The second-order valence-electron chi connectivity index (χ2n) is 5.65. The first-order valence-corrected chi connectivity index (χ1v) is 8.63. The van der Waals surface area contributed by atoms with Crippen molar-refractivity contribution in [3.63, 3.8) is 0 Å². The van der Waals surface area contributed by atoms with Crippen LogP contribution in [0.4, 0.5) is 4.79 Å². The molecular weight excluding hydrogens is 371 g/mol. The largest absolute Gasteiger partial charge is 0.519 e. The molecule has 0 N–H and O–H groups in total. The van der Waals surface area contributed by atoms with Gasteiger partial charge < -0.3 is 9.47 Å². The van der Waals surface area contributed by atoms with E-state index in [9.17, 15) is 4.79 Å².